The molecule has 1 nitrogen and oxygen atoms in total. The quantitative estimate of drug-likeness (QED) is 0.210. The average molecular weight is 523 g/mol. The van der Waals surface area contributed by atoms with Crippen LogP contribution in [0.3, 0.4) is 0 Å². The first kappa shape index (κ1) is 23.5. The Morgan fingerprint density at radius 1 is 0.317 bits per heavy atom. The summed E-state index contributed by atoms with van der Waals surface area (Å²) in [6, 6.07) is 56.1. The van der Waals surface area contributed by atoms with E-state index in [1.807, 2.05) is 18.2 Å². The molecule has 0 fully saturated rings. The molecular formula is C40H26O. The molecule has 0 aliphatic rings. The maximum atomic E-state index is 6.34. The van der Waals surface area contributed by atoms with Crippen LogP contribution in [0.2, 0.25) is 0 Å². The molecule has 7 aromatic carbocycles. The molecule has 0 bridgehead atoms. The van der Waals surface area contributed by atoms with Crippen LogP contribution in [0.1, 0.15) is 0 Å². The van der Waals surface area contributed by atoms with Gasteiger partial charge in [0.05, 0.1) is 0 Å². The third-order valence-corrected chi connectivity index (χ3v) is 8.09. The maximum Gasteiger partial charge on any atom is 0.134 e. The average Bonchev–Trinajstić information content (AvgIpc) is 3.55. The van der Waals surface area contributed by atoms with Crippen LogP contribution in [0.15, 0.2) is 162 Å². The van der Waals surface area contributed by atoms with Crippen LogP contribution in [-0.4, -0.2) is 0 Å². The first-order valence-electron chi connectivity index (χ1n) is 14.0. The number of hydrogen-bond acceptors (Lipinski definition) is 1. The summed E-state index contributed by atoms with van der Waals surface area (Å²) in [5.41, 5.74) is 7.12. The molecule has 0 saturated carbocycles. The maximum absolute atomic E-state index is 6.34. The molecule has 0 atom stereocenters. The Morgan fingerprint density at radius 2 is 0.805 bits per heavy atom. The van der Waals surface area contributed by atoms with Crippen molar-refractivity contribution in [2.75, 3.05) is 0 Å². The lowest BCUT2D eigenvalue weighted by atomic mass is 9.84. The molecule has 8 aromatic rings. The molecule has 0 saturated heterocycles. The van der Waals surface area contributed by atoms with Crippen molar-refractivity contribution < 1.29 is 4.42 Å². The summed E-state index contributed by atoms with van der Waals surface area (Å²) < 4.78 is 6.34. The zero-order valence-electron chi connectivity index (χ0n) is 22.4. The van der Waals surface area contributed by atoms with Crippen LogP contribution in [0.4, 0.5) is 0 Å². The van der Waals surface area contributed by atoms with E-state index < -0.39 is 0 Å². The van der Waals surface area contributed by atoms with Crippen LogP contribution in [-0.2, 0) is 0 Å². The fourth-order valence-electron chi connectivity index (χ4n) is 6.25. The van der Waals surface area contributed by atoms with Gasteiger partial charge in [-0.2, -0.15) is 0 Å². The van der Waals surface area contributed by atoms with E-state index in [0.717, 1.165) is 22.6 Å². The first-order valence-corrected chi connectivity index (χ1v) is 14.0. The molecule has 1 heterocycles. The van der Waals surface area contributed by atoms with Gasteiger partial charge in [0.25, 0.3) is 0 Å². The molecule has 192 valence electrons. The largest absolute Gasteiger partial charge is 0.456 e. The Kier molecular flexibility index (Phi) is 5.53. The molecule has 0 radical (unpaired) electrons. The zero-order valence-corrected chi connectivity index (χ0v) is 22.4. The molecular weight excluding hydrogens is 496 g/mol. The van der Waals surface area contributed by atoms with E-state index in [2.05, 4.69) is 140 Å². The van der Waals surface area contributed by atoms with Gasteiger partial charge in [-0.1, -0.05) is 140 Å². The lowest BCUT2D eigenvalue weighted by molar-refractivity contribution is 0.597. The van der Waals surface area contributed by atoms with Gasteiger partial charge in [0.15, 0.2) is 0 Å². The van der Waals surface area contributed by atoms with Crippen molar-refractivity contribution in [1.82, 2.24) is 0 Å². The molecule has 0 N–H and O–H groups in total. The smallest absolute Gasteiger partial charge is 0.134 e. The summed E-state index contributed by atoms with van der Waals surface area (Å²) in [5, 5.41) is 7.53. The Balaban J connectivity index is 1.37. The SMILES string of the molecule is c1ccc(-c2ccc(-c3cccc(-c4c5ccccc5c(-c5cccc6ccccc56)c5ccccc45)c3)o2)cc1. The van der Waals surface area contributed by atoms with E-state index in [0.29, 0.717) is 0 Å². The summed E-state index contributed by atoms with van der Waals surface area (Å²) >= 11 is 0. The van der Waals surface area contributed by atoms with Gasteiger partial charge in [-0.05, 0) is 72.8 Å². The minimum absolute atomic E-state index is 0.867. The fraction of sp³-hybridized carbons (Fsp3) is 0. The second kappa shape index (κ2) is 9.66. The normalized spacial score (nSPS) is 11.4. The predicted octanol–water partition coefficient (Wildman–Crippen LogP) is 11.4. The van der Waals surface area contributed by atoms with Crippen LogP contribution in [0, 0.1) is 0 Å². The van der Waals surface area contributed by atoms with E-state index in [1.165, 1.54) is 54.6 Å². The molecule has 0 aliphatic carbocycles. The van der Waals surface area contributed by atoms with Crippen molar-refractivity contribution in [3.05, 3.63) is 158 Å². The molecule has 41 heavy (non-hydrogen) atoms. The highest BCUT2D eigenvalue weighted by atomic mass is 16.3. The predicted molar refractivity (Wildman–Crippen MR) is 173 cm³/mol. The Morgan fingerprint density at radius 3 is 1.51 bits per heavy atom. The van der Waals surface area contributed by atoms with Gasteiger partial charge in [0.1, 0.15) is 11.5 Å². The van der Waals surface area contributed by atoms with Crippen molar-refractivity contribution >= 4 is 32.3 Å². The second-order valence-electron chi connectivity index (χ2n) is 10.5. The van der Waals surface area contributed by atoms with E-state index >= 15 is 0 Å². The lowest BCUT2D eigenvalue weighted by Crippen LogP contribution is -1.91. The lowest BCUT2D eigenvalue weighted by Gasteiger charge is -2.19. The summed E-state index contributed by atoms with van der Waals surface area (Å²) in [7, 11) is 0. The standard InChI is InChI=1S/C40H26O/c1-2-13-28(14-3-1)37-24-25-38(41-37)29-16-10-17-30(26-29)39-33-19-6-8-21-35(33)40(36-22-9-7-20-34(36)39)32-23-11-15-27-12-4-5-18-31(27)32/h1-26H. The minimum Gasteiger partial charge on any atom is -0.456 e. The van der Waals surface area contributed by atoms with Gasteiger partial charge < -0.3 is 4.42 Å². The van der Waals surface area contributed by atoms with E-state index in [1.54, 1.807) is 0 Å². The number of rotatable bonds is 4. The van der Waals surface area contributed by atoms with Crippen molar-refractivity contribution in [2.45, 2.75) is 0 Å². The number of benzene rings is 7. The zero-order chi connectivity index (χ0) is 27.2. The third kappa shape index (κ3) is 3.94. The molecule has 8 rings (SSSR count). The Bertz CT molecular complexity index is 2140. The van der Waals surface area contributed by atoms with E-state index in [9.17, 15) is 0 Å². The number of fused-ring (bicyclic) bond motifs is 3. The molecule has 0 unspecified atom stereocenters. The van der Waals surface area contributed by atoms with E-state index in [-0.39, 0.29) is 0 Å². The highest BCUT2D eigenvalue weighted by molar-refractivity contribution is 6.23. The Labute approximate surface area is 238 Å². The first-order chi connectivity index (χ1) is 20.3. The van der Waals surface area contributed by atoms with Crippen molar-refractivity contribution in [3.8, 4) is 44.9 Å². The molecule has 0 aliphatic heterocycles. The van der Waals surface area contributed by atoms with Crippen molar-refractivity contribution in [1.29, 1.82) is 0 Å². The monoisotopic (exact) mass is 522 g/mol. The minimum atomic E-state index is 0.867. The molecule has 0 amide bonds. The summed E-state index contributed by atoms with van der Waals surface area (Å²) in [6.07, 6.45) is 0. The second-order valence-corrected chi connectivity index (χ2v) is 10.5. The van der Waals surface area contributed by atoms with Crippen LogP contribution in [0.5, 0.6) is 0 Å². The number of furan rings is 1. The highest BCUT2D eigenvalue weighted by Crippen LogP contribution is 2.45. The number of hydrogen-bond donors (Lipinski definition) is 0. The summed E-state index contributed by atoms with van der Waals surface area (Å²) in [4.78, 5) is 0. The summed E-state index contributed by atoms with van der Waals surface area (Å²) in [6.45, 7) is 0. The van der Waals surface area contributed by atoms with Crippen LogP contribution >= 0.6 is 0 Å². The Hall–Kier alpha value is -5.40. The van der Waals surface area contributed by atoms with Gasteiger partial charge >= 0.3 is 0 Å². The van der Waals surface area contributed by atoms with Gasteiger partial charge in [-0.3, -0.25) is 0 Å². The van der Waals surface area contributed by atoms with Crippen LogP contribution in [0.25, 0.3) is 77.2 Å². The van der Waals surface area contributed by atoms with Crippen LogP contribution < -0.4 is 0 Å². The van der Waals surface area contributed by atoms with Gasteiger partial charge in [-0.25, -0.2) is 0 Å². The van der Waals surface area contributed by atoms with Gasteiger partial charge in [-0.15, -0.1) is 0 Å². The molecule has 0 spiro atoms. The van der Waals surface area contributed by atoms with E-state index in [4.69, 9.17) is 4.42 Å². The molecule has 1 aromatic heterocycles. The van der Waals surface area contributed by atoms with Crippen molar-refractivity contribution in [2.24, 2.45) is 0 Å². The summed E-state index contributed by atoms with van der Waals surface area (Å²) in [5.74, 6) is 1.74. The molecule has 1 heteroatoms. The topological polar surface area (TPSA) is 13.1 Å². The fourth-order valence-corrected chi connectivity index (χ4v) is 6.25. The highest BCUT2D eigenvalue weighted by Gasteiger charge is 2.18. The third-order valence-electron chi connectivity index (χ3n) is 8.09. The van der Waals surface area contributed by atoms with Gasteiger partial charge in [0.2, 0.25) is 0 Å². The van der Waals surface area contributed by atoms with Gasteiger partial charge in [0, 0.05) is 11.1 Å². The van der Waals surface area contributed by atoms with Crippen molar-refractivity contribution in [3.63, 3.8) is 0 Å².